The molecule has 1 heterocycles. The molecule has 0 fully saturated rings. The molecule has 0 aliphatic rings. The summed E-state index contributed by atoms with van der Waals surface area (Å²) in [6.45, 7) is 1.70. The molecule has 4 N–H and O–H groups in total. The molecule has 1 aromatic rings. The Morgan fingerprint density at radius 3 is 2.73 bits per heavy atom. The number of nitrogens with two attached hydrogens (primary N) is 1. The molecule has 1 amide bonds. The lowest BCUT2D eigenvalue weighted by molar-refractivity contribution is -0.110. The van der Waals surface area contributed by atoms with E-state index in [9.17, 15) is 13.6 Å². The number of amides is 1. The van der Waals surface area contributed by atoms with Gasteiger partial charge in [0.05, 0.1) is 0 Å². The normalized spacial score (nSPS) is 13.3. The number of carbonyl (C=O) groups is 1. The zero-order chi connectivity index (χ0) is 16.4. The van der Waals surface area contributed by atoms with Crippen molar-refractivity contribution in [2.75, 3.05) is 5.73 Å². The number of allylic oxidation sites excluding steroid dienone is 4. The van der Waals surface area contributed by atoms with Gasteiger partial charge in [-0.2, -0.15) is 0 Å². The van der Waals surface area contributed by atoms with Crippen LogP contribution in [0.4, 0.5) is 14.6 Å². The second kappa shape index (κ2) is 8.95. The highest BCUT2D eigenvalue weighted by atomic mass is 19.2. The van der Waals surface area contributed by atoms with E-state index < -0.39 is 5.83 Å². The zero-order valence-corrected chi connectivity index (χ0v) is 11.6. The molecule has 7 nitrogen and oxygen atoms in total. The van der Waals surface area contributed by atoms with Gasteiger partial charge in [-0.3, -0.25) is 15.6 Å². The molecule has 22 heavy (non-hydrogen) atoms. The maximum Gasteiger partial charge on any atom is 0.225 e. The van der Waals surface area contributed by atoms with Crippen molar-refractivity contribution in [3.8, 4) is 0 Å². The lowest BCUT2D eigenvalue weighted by Crippen LogP contribution is -2.38. The predicted molar refractivity (Wildman–Crippen MR) is 78.5 cm³/mol. The van der Waals surface area contributed by atoms with E-state index in [2.05, 4.69) is 25.8 Å². The van der Waals surface area contributed by atoms with Gasteiger partial charge in [-0.15, -0.1) is 0 Å². The number of nitrogens with one attached hydrogen (secondary N) is 2. The van der Waals surface area contributed by atoms with Gasteiger partial charge in [0, 0.05) is 12.4 Å². The number of hydrazine groups is 1. The van der Waals surface area contributed by atoms with Crippen LogP contribution in [0.25, 0.3) is 0 Å². The molecule has 9 heteroatoms. The monoisotopic (exact) mass is 308 g/mol. The van der Waals surface area contributed by atoms with Gasteiger partial charge in [0.1, 0.15) is 17.7 Å². The third-order valence-electron chi connectivity index (χ3n) is 2.22. The van der Waals surface area contributed by atoms with Crippen LogP contribution in [0.2, 0.25) is 0 Å². The van der Waals surface area contributed by atoms with Gasteiger partial charge in [0.25, 0.3) is 0 Å². The van der Waals surface area contributed by atoms with Gasteiger partial charge in [-0.25, -0.2) is 23.7 Å². The molecule has 0 aromatic carbocycles. The summed E-state index contributed by atoms with van der Waals surface area (Å²) in [5, 5.41) is 0. The fourth-order valence-corrected chi connectivity index (χ4v) is 1.30. The van der Waals surface area contributed by atoms with Crippen LogP contribution < -0.4 is 16.6 Å². The molecule has 116 valence electrons. The molecule has 0 bridgehead atoms. The van der Waals surface area contributed by atoms with Crippen LogP contribution in [0.3, 0.4) is 0 Å². The van der Waals surface area contributed by atoms with Crippen molar-refractivity contribution >= 4 is 18.1 Å². The lowest BCUT2D eigenvalue weighted by atomic mass is 10.3. The summed E-state index contributed by atoms with van der Waals surface area (Å²) in [6.07, 6.45) is 7.09. The molecule has 0 aliphatic heterocycles. The Balaban J connectivity index is 3.35. The van der Waals surface area contributed by atoms with Crippen LogP contribution in [0, 0.1) is 0 Å². The minimum atomic E-state index is -1.20. The van der Waals surface area contributed by atoms with Crippen LogP contribution in [0.15, 0.2) is 53.5 Å². The van der Waals surface area contributed by atoms with Crippen molar-refractivity contribution in [1.82, 2.24) is 20.8 Å². The Morgan fingerprint density at radius 2 is 2.14 bits per heavy atom. The van der Waals surface area contributed by atoms with Crippen LogP contribution in [-0.4, -0.2) is 22.2 Å². The third-order valence-corrected chi connectivity index (χ3v) is 2.22. The Morgan fingerprint density at radius 1 is 1.41 bits per heavy atom. The van der Waals surface area contributed by atoms with Gasteiger partial charge in [0.2, 0.25) is 6.41 Å². The van der Waals surface area contributed by atoms with Crippen LogP contribution in [0.5, 0.6) is 0 Å². The molecule has 1 aromatic heterocycles. The second-order valence-corrected chi connectivity index (χ2v) is 3.67. The van der Waals surface area contributed by atoms with E-state index in [4.69, 9.17) is 5.73 Å². The smallest absolute Gasteiger partial charge is 0.225 e. The summed E-state index contributed by atoms with van der Waals surface area (Å²) in [4.78, 5) is 22.0. The van der Waals surface area contributed by atoms with Gasteiger partial charge in [0.15, 0.2) is 17.5 Å². The molecule has 0 radical (unpaired) electrons. The fraction of sp³-hybridized carbons (Fsp3) is 0.0769. The molecule has 0 atom stereocenters. The Hall–Kier alpha value is -3.10. The number of aliphatic imine (C=N–C) groups is 1. The maximum absolute atomic E-state index is 13.5. The third kappa shape index (κ3) is 4.78. The van der Waals surface area contributed by atoms with Crippen molar-refractivity contribution in [3.05, 3.63) is 54.2 Å². The minimum absolute atomic E-state index is 0.00327. The van der Waals surface area contributed by atoms with E-state index in [0.29, 0.717) is 6.41 Å². The molecule has 0 aliphatic carbocycles. The van der Waals surface area contributed by atoms with E-state index in [1.165, 1.54) is 24.5 Å². The van der Waals surface area contributed by atoms with Gasteiger partial charge < -0.3 is 5.73 Å². The number of aromatic nitrogens is 2. The SMILES string of the molecule is C\C=C/C=C(N=C(NNC=O)c1nccnc1N)\C(F)=C\F. The Kier molecular flexibility index (Phi) is 6.90. The van der Waals surface area contributed by atoms with E-state index >= 15 is 0 Å². The predicted octanol–water partition coefficient (Wildman–Crippen LogP) is 1.30. The average Bonchev–Trinajstić information content (AvgIpc) is 2.54. The fourth-order valence-electron chi connectivity index (χ4n) is 1.30. The molecular formula is C13H14F2N6O. The first kappa shape index (κ1) is 17.0. The number of carbonyl (C=O) groups excluding carboxylic acids is 1. The summed E-state index contributed by atoms with van der Waals surface area (Å²) in [6, 6.07) is 0. The second-order valence-electron chi connectivity index (χ2n) is 3.67. The zero-order valence-electron chi connectivity index (χ0n) is 11.6. The number of amidine groups is 1. The van der Waals surface area contributed by atoms with E-state index in [1.807, 2.05) is 0 Å². The van der Waals surface area contributed by atoms with Crippen molar-refractivity contribution in [2.45, 2.75) is 6.92 Å². The minimum Gasteiger partial charge on any atom is -0.382 e. The molecule has 0 unspecified atom stereocenters. The first-order chi connectivity index (χ1) is 10.6. The molecule has 1 rings (SSSR count). The Bertz CT molecular complexity index is 639. The maximum atomic E-state index is 13.5. The largest absolute Gasteiger partial charge is 0.382 e. The van der Waals surface area contributed by atoms with Crippen LogP contribution in [-0.2, 0) is 4.79 Å². The van der Waals surface area contributed by atoms with Gasteiger partial charge in [-0.05, 0) is 13.0 Å². The molecule has 0 spiro atoms. The summed E-state index contributed by atoms with van der Waals surface area (Å²) < 4.78 is 25.9. The van der Waals surface area contributed by atoms with Crippen molar-refractivity contribution in [1.29, 1.82) is 0 Å². The van der Waals surface area contributed by atoms with Crippen LogP contribution in [0.1, 0.15) is 12.6 Å². The Labute approximate surface area is 125 Å². The average molecular weight is 308 g/mol. The highest BCUT2D eigenvalue weighted by Gasteiger charge is 2.12. The topological polar surface area (TPSA) is 105 Å². The first-order valence-electron chi connectivity index (χ1n) is 6.04. The number of nitrogen functional groups attached to an aromatic ring is 1. The number of anilines is 1. The summed E-state index contributed by atoms with van der Waals surface area (Å²) in [5.74, 6) is -1.31. The number of rotatable bonds is 6. The van der Waals surface area contributed by atoms with E-state index in [0.717, 1.165) is 0 Å². The first-order valence-corrected chi connectivity index (χ1v) is 6.04. The number of hydrogen-bond donors (Lipinski definition) is 3. The number of hydrogen-bond acceptors (Lipinski definition) is 5. The van der Waals surface area contributed by atoms with Crippen molar-refractivity contribution < 1.29 is 13.6 Å². The highest BCUT2D eigenvalue weighted by molar-refractivity contribution is 6.01. The number of nitrogens with zero attached hydrogens (tertiary/aromatic N) is 3. The number of halogens is 2. The standard InChI is InChI=1S/C13H14F2N6O/c1-2-3-4-10(9(15)7-14)20-13(21-19-8-22)11-12(16)18-6-5-17-11/h2-8H,1H3,(H2,16,18)(H,19,22)(H,20,21)/b3-2-,9-7-,10-4+. The van der Waals surface area contributed by atoms with Crippen molar-refractivity contribution in [2.24, 2.45) is 4.99 Å². The van der Waals surface area contributed by atoms with Gasteiger partial charge >= 0.3 is 0 Å². The lowest BCUT2D eigenvalue weighted by Gasteiger charge is -2.09. The van der Waals surface area contributed by atoms with Gasteiger partial charge in [-0.1, -0.05) is 12.2 Å². The molecule has 0 saturated carbocycles. The summed E-state index contributed by atoms with van der Waals surface area (Å²) >= 11 is 0. The summed E-state index contributed by atoms with van der Waals surface area (Å²) in [7, 11) is 0. The highest BCUT2D eigenvalue weighted by Crippen LogP contribution is 2.15. The molecular weight excluding hydrogens is 294 g/mol. The quantitative estimate of drug-likeness (QED) is 0.241. The van der Waals surface area contributed by atoms with E-state index in [1.54, 1.807) is 13.0 Å². The molecule has 0 saturated heterocycles. The van der Waals surface area contributed by atoms with Crippen molar-refractivity contribution in [3.63, 3.8) is 0 Å². The van der Waals surface area contributed by atoms with E-state index in [-0.39, 0.29) is 29.4 Å². The summed E-state index contributed by atoms with van der Waals surface area (Å²) in [5.41, 5.74) is 9.89. The van der Waals surface area contributed by atoms with Crippen LogP contribution >= 0.6 is 0 Å².